The molecule has 2 rings (SSSR count). The number of thioether (sulfide) groups is 1. The van der Waals surface area contributed by atoms with Gasteiger partial charge in [0, 0.05) is 11.0 Å². The van der Waals surface area contributed by atoms with Crippen molar-refractivity contribution < 1.29 is 13.6 Å². The van der Waals surface area contributed by atoms with Crippen LogP contribution in [0, 0.1) is 11.6 Å². The zero-order valence-electron chi connectivity index (χ0n) is 13.4. The number of nitrogens with zero attached hydrogens (tertiary/aromatic N) is 2. The molecule has 0 aliphatic carbocycles. The van der Waals surface area contributed by atoms with E-state index in [9.17, 15) is 13.6 Å². The number of halogens is 2. The van der Waals surface area contributed by atoms with Crippen LogP contribution >= 0.6 is 11.8 Å². The Hall–Kier alpha value is -3.14. The van der Waals surface area contributed by atoms with Gasteiger partial charge >= 0.3 is 0 Å². The Labute approximate surface area is 152 Å². The lowest BCUT2D eigenvalue weighted by atomic mass is 10.3. The number of amides is 1. The summed E-state index contributed by atoms with van der Waals surface area (Å²) in [6.45, 7) is 0. The first kappa shape index (κ1) is 19.2. The minimum atomic E-state index is -0.703. The second kappa shape index (κ2) is 8.81. The Bertz CT molecular complexity index is 850. The standard InChI is InChI=1S/C16H16F2N6OS/c17-9-1-6-12(18)13(7-9)23-14(25)8-26-11-4-2-10(3-5-11)22-16(21)24-15(19)20/h1-7H,8H2,(H,23,25)(H6,19,20,21,22,24). The van der Waals surface area contributed by atoms with Gasteiger partial charge in [-0.05, 0) is 36.4 Å². The van der Waals surface area contributed by atoms with Crippen molar-refractivity contribution in [2.24, 2.45) is 27.2 Å². The molecule has 0 aliphatic heterocycles. The summed E-state index contributed by atoms with van der Waals surface area (Å²) in [4.78, 5) is 20.2. The molecule has 0 spiro atoms. The number of hydrogen-bond acceptors (Lipinski definition) is 3. The molecule has 0 radical (unpaired) electrons. The van der Waals surface area contributed by atoms with Gasteiger partial charge in [-0.25, -0.2) is 13.8 Å². The minimum Gasteiger partial charge on any atom is -0.370 e. The fraction of sp³-hybridized carbons (Fsp3) is 0.0625. The molecule has 0 atom stereocenters. The summed E-state index contributed by atoms with van der Waals surface area (Å²) in [5, 5.41) is 2.33. The predicted molar refractivity (Wildman–Crippen MR) is 99.2 cm³/mol. The Balaban J connectivity index is 1.92. The molecule has 2 aromatic carbocycles. The van der Waals surface area contributed by atoms with Gasteiger partial charge in [0.15, 0.2) is 5.96 Å². The molecule has 7 N–H and O–H groups in total. The van der Waals surface area contributed by atoms with Crippen molar-refractivity contribution in [3.05, 3.63) is 54.1 Å². The molecule has 1 amide bonds. The van der Waals surface area contributed by atoms with Gasteiger partial charge in [0.1, 0.15) is 11.6 Å². The summed E-state index contributed by atoms with van der Waals surface area (Å²) in [5.41, 5.74) is 16.2. The van der Waals surface area contributed by atoms with Crippen molar-refractivity contribution in [3.8, 4) is 0 Å². The van der Waals surface area contributed by atoms with E-state index < -0.39 is 17.5 Å². The summed E-state index contributed by atoms with van der Waals surface area (Å²) >= 11 is 1.22. The van der Waals surface area contributed by atoms with Gasteiger partial charge in [0.05, 0.1) is 17.1 Å². The fourth-order valence-electron chi connectivity index (χ4n) is 1.83. The first-order valence-electron chi connectivity index (χ1n) is 7.25. The third kappa shape index (κ3) is 6.06. The normalized spacial score (nSPS) is 11.1. The molecule has 0 saturated carbocycles. The van der Waals surface area contributed by atoms with Crippen molar-refractivity contribution in [3.63, 3.8) is 0 Å². The van der Waals surface area contributed by atoms with Gasteiger partial charge in [-0.1, -0.05) is 0 Å². The van der Waals surface area contributed by atoms with Crippen LogP contribution in [0.4, 0.5) is 20.2 Å². The van der Waals surface area contributed by atoms with E-state index in [0.717, 1.165) is 23.1 Å². The zero-order chi connectivity index (χ0) is 19.1. The van der Waals surface area contributed by atoms with Gasteiger partial charge in [0.25, 0.3) is 0 Å². The van der Waals surface area contributed by atoms with E-state index in [4.69, 9.17) is 17.2 Å². The second-order valence-electron chi connectivity index (χ2n) is 4.96. The molecule has 2 aromatic rings. The van der Waals surface area contributed by atoms with Crippen LogP contribution in [0.25, 0.3) is 0 Å². The number of aliphatic imine (C=N–C) groups is 2. The summed E-state index contributed by atoms with van der Waals surface area (Å²) in [6, 6.07) is 9.63. The first-order chi connectivity index (χ1) is 12.3. The molecule has 136 valence electrons. The summed E-state index contributed by atoms with van der Waals surface area (Å²) in [5.74, 6) is -2.05. The number of rotatable bonds is 5. The molecule has 0 aliphatic rings. The highest BCUT2D eigenvalue weighted by Gasteiger charge is 2.09. The maximum absolute atomic E-state index is 13.5. The van der Waals surface area contributed by atoms with Crippen LogP contribution in [0.3, 0.4) is 0 Å². The average molecular weight is 378 g/mol. The SMILES string of the molecule is NC(N)=NC(N)=Nc1ccc(SCC(=O)Nc2cc(F)ccc2F)cc1. The average Bonchev–Trinajstić information content (AvgIpc) is 2.57. The highest BCUT2D eigenvalue weighted by molar-refractivity contribution is 8.00. The van der Waals surface area contributed by atoms with E-state index in [1.807, 2.05) is 0 Å². The van der Waals surface area contributed by atoms with Crippen molar-refractivity contribution in [1.82, 2.24) is 0 Å². The van der Waals surface area contributed by atoms with E-state index in [-0.39, 0.29) is 23.4 Å². The largest absolute Gasteiger partial charge is 0.370 e. The van der Waals surface area contributed by atoms with Gasteiger partial charge in [-0.3, -0.25) is 4.79 Å². The zero-order valence-corrected chi connectivity index (χ0v) is 14.3. The molecule has 0 heterocycles. The number of guanidine groups is 2. The van der Waals surface area contributed by atoms with Crippen LogP contribution in [0.15, 0.2) is 57.3 Å². The number of hydrogen-bond donors (Lipinski definition) is 4. The van der Waals surface area contributed by atoms with E-state index in [0.29, 0.717) is 5.69 Å². The molecule has 10 heteroatoms. The Morgan fingerprint density at radius 3 is 2.42 bits per heavy atom. The van der Waals surface area contributed by atoms with Crippen LogP contribution in [0.2, 0.25) is 0 Å². The molecule has 7 nitrogen and oxygen atoms in total. The highest BCUT2D eigenvalue weighted by Crippen LogP contribution is 2.22. The topological polar surface area (TPSA) is 132 Å². The molecule has 0 fully saturated rings. The number of carbonyl (C=O) groups is 1. The lowest BCUT2D eigenvalue weighted by molar-refractivity contribution is -0.113. The van der Waals surface area contributed by atoms with Crippen LogP contribution in [-0.2, 0) is 4.79 Å². The number of nitrogens with one attached hydrogen (secondary N) is 1. The van der Waals surface area contributed by atoms with E-state index in [1.54, 1.807) is 24.3 Å². The molecule has 0 aromatic heterocycles. The summed E-state index contributed by atoms with van der Waals surface area (Å²) in [6.07, 6.45) is 0. The number of carbonyl (C=O) groups excluding carboxylic acids is 1. The van der Waals surface area contributed by atoms with Gasteiger partial charge < -0.3 is 22.5 Å². The van der Waals surface area contributed by atoms with Crippen molar-refractivity contribution in [2.75, 3.05) is 11.1 Å². The summed E-state index contributed by atoms with van der Waals surface area (Å²) in [7, 11) is 0. The van der Waals surface area contributed by atoms with Crippen LogP contribution in [0.5, 0.6) is 0 Å². The van der Waals surface area contributed by atoms with Gasteiger partial charge in [0.2, 0.25) is 11.9 Å². The van der Waals surface area contributed by atoms with Crippen LogP contribution in [-0.4, -0.2) is 23.6 Å². The van der Waals surface area contributed by atoms with Crippen molar-refractivity contribution >= 4 is 41.0 Å². The maximum Gasteiger partial charge on any atom is 0.234 e. The number of anilines is 1. The maximum atomic E-state index is 13.5. The lowest BCUT2D eigenvalue weighted by Gasteiger charge is -2.06. The minimum absolute atomic E-state index is 0.0225. The Morgan fingerprint density at radius 1 is 1.08 bits per heavy atom. The molecule has 0 bridgehead atoms. The predicted octanol–water partition coefficient (Wildman–Crippen LogP) is 1.92. The van der Waals surface area contributed by atoms with Crippen molar-refractivity contribution in [1.29, 1.82) is 0 Å². The monoisotopic (exact) mass is 378 g/mol. The molecular weight excluding hydrogens is 362 g/mol. The van der Waals surface area contributed by atoms with E-state index in [2.05, 4.69) is 15.3 Å². The molecular formula is C16H16F2N6OS. The molecule has 0 saturated heterocycles. The first-order valence-corrected chi connectivity index (χ1v) is 8.23. The van der Waals surface area contributed by atoms with Crippen LogP contribution < -0.4 is 22.5 Å². The second-order valence-corrected chi connectivity index (χ2v) is 6.01. The number of nitrogens with two attached hydrogens (primary N) is 3. The quantitative estimate of drug-likeness (QED) is 0.358. The molecule has 0 unspecified atom stereocenters. The number of benzene rings is 2. The van der Waals surface area contributed by atoms with Crippen molar-refractivity contribution in [2.45, 2.75) is 4.90 Å². The van der Waals surface area contributed by atoms with Gasteiger partial charge in [-0.15, -0.1) is 11.8 Å². The third-order valence-corrected chi connectivity index (χ3v) is 3.91. The molecule has 26 heavy (non-hydrogen) atoms. The Morgan fingerprint density at radius 2 is 1.77 bits per heavy atom. The van der Waals surface area contributed by atoms with E-state index >= 15 is 0 Å². The van der Waals surface area contributed by atoms with Gasteiger partial charge in [-0.2, -0.15) is 4.99 Å². The summed E-state index contributed by atoms with van der Waals surface area (Å²) < 4.78 is 26.6. The smallest absolute Gasteiger partial charge is 0.234 e. The highest BCUT2D eigenvalue weighted by atomic mass is 32.2. The lowest BCUT2D eigenvalue weighted by Crippen LogP contribution is -2.26. The third-order valence-electron chi connectivity index (χ3n) is 2.90. The fourth-order valence-corrected chi connectivity index (χ4v) is 2.53. The van der Waals surface area contributed by atoms with E-state index in [1.165, 1.54) is 11.8 Å². The Kier molecular flexibility index (Phi) is 6.50. The van der Waals surface area contributed by atoms with Crippen LogP contribution in [0.1, 0.15) is 0 Å².